The largest absolute Gasteiger partial charge is 0.395 e. The van der Waals surface area contributed by atoms with E-state index in [1.54, 1.807) is 40.8 Å². The zero-order chi connectivity index (χ0) is 24.6. The number of likely N-dealkylation sites (N-methyl/N-ethyl adjacent to an activating group) is 1. The number of rotatable bonds is 9. The Kier molecular flexibility index (Phi) is 7.48. The van der Waals surface area contributed by atoms with E-state index in [0.29, 0.717) is 13.1 Å². The predicted octanol–water partition coefficient (Wildman–Crippen LogP) is 2.31. The molecule has 7 nitrogen and oxygen atoms in total. The van der Waals surface area contributed by atoms with Crippen molar-refractivity contribution in [1.82, 2.24) is 14.7 Å². The number of β-amino-alcohol motifs (C(OH)–C–C–N with tert-alkyl or cyclic N) is 1. The average Bonchev–Trinajstić information content (AvgIpc) is 3.41. The van der Waals surface area contributed by atoms with Gasteiger partial charge in [0.2, 0.25) is 17.7 Å². The van der Waals surface area contributed by atoms with E-state index in [2.05, 4.69) is 20.1 Å². The number of likely N-dealkylation sites (tertiary alicyclic amines) is 1. The first-order chi connectivity index (χ1) is 16.3. The summed E-state index contributed by atoms with van der Waals surface area (Å²) in [6, 6.07) is -0.512. The highest BCUT2D eigenvalue weighted by atomic mass is 32.2. The number of thioether (sulfide) groups is 1. The summed E-state index contributed by atoms with van der Waals surface area (Å²) < 4.78 is -0.641. The summed E-state index contributed by atoms with van der Waals surface area (Å²) in [4.78, 5) is 46.9. The van der Waals surface area contributed by atoms with Crippen LogP contribution in [0.15, 0.2) is 25.3 Å². The second-order valence-electron chi connectivity index (χ2n) is 10.4. The maximum absolute atomic E-state index is 14.3. The van der Waals surface area contributed by atoms with Crippen LogP contribution in [0.25, 0.3) is 0 Å². The Labute approximate surface area is 207 Å². The molecule has 8 heteroatoms. The molecule has 0 radical (unpaired) electrons. The van der Waals surface area contributed by atoms with Gasteiger partial charge in [0, 0.05) is 38.0 Å². The maximum atomic E-state index is 14.3. The minimum absolute atomic E-state index is 0.0258. The van der Waals surface area contributed by atoms with E-state index in [-0.39, 0.29) is 48.1 Å². The lowest BCUT2D eigenvalue weighted by Crippen LogP contribution is -2.59. The molecule has 0 aromatic carbocycles. The topological polar surface area (TPSA) is 81.2 Å². The Bertz CT molecular complexity index is 844. The lowest BCUT2D eigenvalue weighted by molar-refractivity contribution is -0.145. The SMILES string of the molecule is C=CCN(C)C(=O)[C@@H]1[C@H]2C(=O)N(CCO)C(C(=O)N(CC=C)C3CCCCC3)C23S[C@@H]1CC3C. The summed E-state index contributed by atoms with van der Waals surface area (Å²) in [6.07, 6.45) is 9.60. The number of nitrogens with zero attached hydrogens (tertiary/aromatic N) is 3. The fraction of sp³-hybridized carbons (Fsp3) is 0.731. The highest BCUT2D eigenvalue weighted by Crippen LogP contribution is 2.68. The first-order valence-electron chi connectivity index (χ1n) is 12.7. The fourth-order valence-electron chi connectivity index (χ4n) is 7.08. The molecule has 4 aliphatic rings. The number of carbonyl (C=O) groups is 3. The highest BCUT2D eigenvalue weighted by Gasteiger charge is 2.76. The van der Waals surface area contributed by atoms with Crippen LogP contribution in [0.4, 0.5) is 0 Å². The zero-order valence-corrected chi connectivity index (χ0v) is 21.3. The van der Waals surface area contributed by atoms with Gasteiger partial charge in [0.1, 0.15) is 6.04 Å². The third-order valence-electron chi connectivity index (χ3n) is 8.51. The first kappa shape index (κ1) is 25.3. The molecule has 4 rings (SSSR count). The first-order valence-corrected chi connectivity index (χ1v) is 13.6. The minimum atomic E-state index is -0.661. The predicted molar refractivity (Wildman–Crippen MR) is 134 cm³/mol. The molecule has 1 aliphatic carbocycles. The van der Waals surface area contributed by atoms with Crippen LogP contribution in [-0.4, -0.2) is 92.9 Å². The van der Waals surface area contributed by atoms with Crippen LogP contribution in [0.5, 0.6) is 0 Å². The molecule has 4 fully saturated rings. The van der Waals surface area contributed by atoms with Crippen LogP contribution < -0.4 is 0 Å². The number of aliphatic hydroxyl groups is 1. The summed E-state index contributed by atoms with van der Waals surface area (Å²) in [6.45, 7) is 10.5. The van der Waals surface area contributed by atoms with Crippen molar-refractivity contribution in [2.45, 2.75) is 67.5 Å². The summed E-state index contributed by atoms with van der Waals surface area (Å²) in [7, 11) is 1.75. The van der Waals surface area contributed by atoms with E-state index in [4.69, 9.17) is 0 Å². The van der Waals surface area contributed by atoms with E-state index < -0.39 is 22.6 Å². The van der Waals surface area contributed by atoms with Gasteiger partial charge < -0.3 is 19.8 Å². The number of aliphatic hydroxyl groups excluding tert-OH is 1. The molecule has 3 saturated heterocycles. The third-order valence-corrected chi connectivity index (χ3v) is 10.6. The smallest absolute Gasteiger partial charge is 0.247 e. The van der Waals surface area contributed by atoms with Crippen LogP contribution in [0.2, 0.25) is 0 Å². The van der Waals surface area contributed by atoms with Crippen LogP contribution >= 0.6 is 11.8 Å². The van der Waals surface area contributed by atoms with E-state index in [1.807, 2.05) is 4.90 Å². The van der Waals surface area contributed by atoms with Crippen LogP contribution in [-0.2, 0) is 14.4 Å². The van der Waals surface area contributed by atoms with Gasteiger partial charge in [-0.15, -0.1) is 24.9 Å². The highest BCUT2D eigenvalue weighted by molar-refractivity contribution is 8.02. The quantitative estimate of drug-likeness (QED) is 0.503. The van der Waals surface area contributed by atoms with Gasteiger partial charge in [-0.3, -0.25) is 14.4 Å². The molecular weight excluding hydrogens is 450 g/mol. The molecule has 3 unspecified atom stereocenters. The van der Waals surface area contributed by atoms with Gasteiger partial charge in [-0.25, -0.2) is 0 Å². The van der Waals surface area contributed by atoms with Crippen molar-refractivity contribution in [3.05, 3.63) is 25.3 Å². The van der Waals surface area contributed by atoms with Crippen LogP contribution in [0.3, 0.4) is 0 Å². The molecule has 0 aromatic rings. The molecule has 1 spiro atoms. The molecule has 3 aliphatic heterocycles. The van der Waals surface area contributed by atoms with Crippen molar-refractivity contribution in [3.8, 4) is 0 Å². The molecule has 3 amide bonds. The molecule has 188 valence electrons. The van der Waals surface area contributed by atoms with Gasteiger partial charge in [-0.1, -0.05) is 38.3 Å². The summed E-state index contributed by atoms with van der Waals surface area (Å²) in [5.74, 6) is -1.09. The molecule has 34 heavy (non-hydrogen) atoms. The van der Waals surface area contributed by atoms with Crippen molar-refractivity contribution in [2.75, 3.05) is 33.3 Å². The summed E-state index contributed by atoms with van der Waals surface area (Å²) >= 11 is 1.69. The number of fused-ring (bicyclic) bond motifs is 1. The fourth-order valence-corrected chi connectivity index (χ4v) is 9.48. The van der Waals surface area contributed by atoms with Gasteiger partial charge in [-0.2, -0.15) is 0 Å². The van der Waals surface area contributed by atoms with Crippen molar-refractivity contribution in [2.24, 2.45) is 17.8 Å². The summed E-state index contributed by atoms with van der Waals surface area (Å²) in [5, 5.41) is 9.86. The van der Waals surface area contributed by atoms with E-state index >= 15 is 0 Å². The van der Waals surface area contributed by atoms with Gasteiger partial charge in [0.15, 0.2) is 0 Å². The number of hydrogen-bond donors (Lipinski definition) is 1. The normalized spacial score (nSPS) is 34.7. The number of hydrogen-bond acceptors (Lipinski definition) is 5. The molecule has 6 atom stereocenters. The van der Waals surface area contributed by atoms with E-state index in [9.17, 15) is 19.5 Å². The molecule has 2 bridgehead atoms. The van der Waals surface area contributed by atoms with Gasteiger partial charge >= 0.3 is 0 Å². The Morgan fingerprint density at radius 1 is 1.18 bits per heavy atom. The minimum Gasteiger partial charge on any atom is -0.395 e. The van der Waals surface area contributed by atoms with Crippen LogP contribution in [0, 0.1) is 17.8 Å². The molecule has 3 heterocycles. The van der Waals surface area contributed by atoms with E-state index in [0.717, 1.165) is 32.1 Å². The zero-order valence-electron chi connectivity index (χ0n) is 20.5. The van der Waals surface area contributed by atoms with Gasteiger partial charge in [0.25, 0.3) is 0 Å². The van der Waals surface area contributed by atoms with Crippen molar-refractivity contribution < 1.29 is 19.5 Å². The Morgan fingerprint density at radius 3 is 2.47 bits per heavy atom. The van der Waals surface area contributed by atoms with Crippen molar-refractivity contribution >= 4 is 29.5 Å². The second kappa shape index (κ2) is 10.1. The summed E-state index contributed by atoms with van der Waals surface area (Å²) in [5.41, 5.74) is 0. The lowest BCUT2D eigenvalue weighted by atomic mass is 9.65. The second-order valence-corrected chi connectivity index (χ2v) is 11.9. The Morgan fingerprint density at radius 2 is 1.85 bits per heavy atom. The van der Waals surface area contributed by atoms with Crippen molar-refractivity contribution in [3.63, 3.8) is 0 Å². The Hall–Kier alpha value is -1.80. The molecule has 1 saturated carbocycles. The third kappa shape index (κ3) is 3.81. The Balaban J connectivity index is 1.74. The molecule has 0 aromatic heterocycles. The average molecular weight is 490 g/mol. The standard InChI is InChI=1S/C26H39N3O4S/c1-5-12-27(4)23(31)20-19-16-17(3)26(34-19)21(20)24(32)29(14-15-30)22(26)25(33)28(13-6-2)18-10-8-7-9-11-18/h5-6,17-22,30H,1-2,7-16H2,3-4H3/t17?,19-,20+,21+,22?,26?/m1/s1. The van der Waals surface area contributed by atoms with Gasteiger partial charge in [-0.05, 0) is 25.2 Å². The van der Waals surface area contributed by atoms with E-state index in [1.165, 1.54) is 6.42 Å². The maximum Gasteiger partial charge on any atom is 0.247 e. The lowest BCUT2D eigenvalue weighted by Gasteiger charge is -2.43. The van der Waals surface area contributed by atoms with Crippen LogP contribution in [0.1, 0.15) is 45.4 Å². The number of amides is 3. The van der Waals surface area contributed by atoms with Gasteiger partial charge in [0.05, 0.1) is 23.2 Å². The van der Waals surface area contributed by atoms with Crippen molar-refractivity contribution in [1.29, 1.82) is 0 Å². The monoisotopic (exact) mass is 489 g/mol. The molecular formula is C26H39N3O4S. The molecule has 1 N–H and O–H groups in total. The number of carbonyl (C=O) groups excluding carboxylic acids is 3.